The summed E-state index contributed by atoms with van der Waals surface area (Å²) in [4.78, 5) is 20.1. The summed E-state index contributed by atoms with van der Waals surface area (Å²) >= 11 is 3.08. The zero-order valence-electron chi connectivity index (χ0n) is 16.6. The van der Waals surface area contributed by atoms with Crippen LogP contribution in [0.15, 0.2) is 22.6 Å². The second kappa shape index (κ2) is 8.69. The lowest BCUT2D eigenvalue weighted by Crippen LogP contribution is -2.25. The van der Waals surface area contributed by atoms with E-state index in [2.05, 4.69) is 13.5 Å². The van der Waals surface area contributed by atoms with Gasteiger partial charge in [0, 0.05) is 31.3 Å². The number of thioether (sulfide) groups is 1. The van der Waals surface area contributed by atoms with Gasteiger partial charge in [-0.1, -0.05) is 24.8 Å². The van der Waals surface area contributed by atoms with E-state index in [1.807, 2.05) is 0 Å². The monoisotopic (exact) mass is 441 g/mol. The third-order valence-corrected chi connectivity index (χ3v) is 9.15. The van der Waals surface area contributed by atoms with E-state index in [0.717, 1.165) is 29.5 Å². The van der Waals surface area contributed by atoms with Crippen molar-refractivity contribution in [2.24, 2.45) is 5.92 Å². The number of rotatable bonds is 8. The Labute approximate surface area is 174 Å². The summed E-state index contributed by atoms with van der Waals surface area (Å²) < 4.78 is 26.7. The number of allylic oxidation sites excluding steroid dienone is 1. The van der Waals surface area contributed by atoms with Crippen molar-refractivity contribution in [3.8, 4) is 0 Å². The van der Waals surface area contributed by atoms with Crippen molar-refractivity contribution in [3.63, 3.8) is 0 Å². The van der Waals surface area contributed by atoms with E-state index in [1.165, 1.54) is 26.5 Å². The fourth-order valence-electron chi connectivity index (χ4n) is 3.39. The summed E-state index contributed by atoms with van der Waals surface area (Å²) in [6, 6.07) is 0. The van der Waals surface area contributed by atoms with Gasteiger partial charge in [-0.15, -0.1) is 17.9 Å². The van der Waals surface area contributed by atoms with E-state index in [-0.39, 0.29) is 11.3 Å². The zero-order chi connectivity index (χ0) is 20.5. The van der Waals surface area contributed by atoms with Crippen molar-refractivity contribution in [3.05, 3.63) is 33.4 Å². The van der Waals surface area contributed by atoms with Crippen molar-refractivity contribution in [1.29, 1.82) is 0 Å². The van der Waals surface area contributed by atoms with Crippen LogP contribution < -0.4 is 5.56 Å². The molecular weight excluding hydrogens is 414 g/mol. The number of hydrogen-bond acceptors (Lipinski definition) is 6. The first-order chi connectivity index (χ1) is 13.2. The number of thiophene rings is 1. The minimum absolute atomic E-state index is 0.000339. The number of hydrogen-bond donors (Lipinski definition) is 0. The minimum Gasteiger partial charge on any atom is -0.283 e. The Morgan fingerprint density at radius 1 is 1.43 bits per heavy atom. The molecule has 0 N–H and O–H groups in total. The van der Waals surface area contributed by atoms with Crippen molar-refractivity contribution < 1.29 is 8.42 Å². The van der Waals surface area contributed by atoms with Gasteiger partial charge < -0.3 is 0 Å². The highest BCUT2D eigenvalue weighted by Crippen LogP contribution is 2.36. The fourth-order valence-corrected chi connectivity index (χ4v) is 6.82. The standard InChI is InChI=1S/C19H27N3O3S3/c1-5-9-22-18(23)16-14-8-7-13(2)12-15(14)27-17(16)20-19(22)26-10-6-11-28(24,25)21(3)4/h5,13H,1,6-12H2,2-4H3. The van der Waals surface area contributed by atoms with Gasteiger partial charge in [0.1, 0.15) is 4.83 Å². The molecule has 0 bridgehead atoms. The van der Waals surface area contributed by atoms with E-state index >= 15 is 0 Å². The Bertz CT molecular complexity index is 1040. The maximum Gasteiger partial charge on any atom is 0.263 e. The summed E-state index contributed by atoms with van der Waals surface area (Å²) in [7, 11) is -0.125. The van der Waals surface area contributed by atoms with Gasteiger partial charge in [0.15, 0.2) is 5.16 Å². The molecule has 0 saturated heterocycles. The molecule has 0 radical (unpaired) electrons. The molecule has 2 aromatic heterocycles. The first-order valence-corrected chi connectivity index (χ1v) is 12.8. The largest absolute Gasteiger partial charge is 0.283 e. The highest BCUT2D eigenvalue weighted by molar-refractivity contribution is 7.99. The molecule has 9 heteroatoms. The Morgan fingerprint density at radius 3 is 2.86 bits per heavy atom. The molecule has 28 heavy (non-hydrogen) atoms. The highest BCUT2D eigenvalue weighted by Gasteiger charge is 2.24. The van der Waals surface area contributed by atoms with Gasteiger partial charge in [-0.3, -0.25) is 9.36 Å². The first-order valence-electron chi connectivity index (χ1n) is 9.43. The van der Waals surface area contributed by atoms with Crippen LogP contribution in [-0.2, 0) is 29.4 Å². The Balaban J connectivity index is 1.88. The summed E-state index contributed by atoms with van der Waals surface area (Å²) in [6.07, 6.45) is 5.27. The van der Waals surface area contributed by atoms with Gasteiger partial charge in [-0.05, 0) is 37.2 Å². The smallest absolute Gasteiger partial charge is 0.263 e. The van der Waals surface area contributed by atoms with Crippen LogP contribution in [0.1, 0.15) is 30.2 Å². The molecule has 1 aliphatic carbocycles. The molecule has 0 amide bonds. The quantitative estimate of drug-likeness (QED) is 0.272. The zero-order valence-corrected chi connectivity index (χ0v) is 19.1. The third-order valence-electron chi connectivity index (χ3n) is 5.03. The van der Waals surface area contributed by atoms with E-state index in [0.29, 0.717) is 29.8 Å². The molecule has 2 heterocycles. The van der Waals surface area contributed by atoms with Gasteiger partial charge in [-0.25, -0.2) is 17.7 Å². The molecule has 0 fully saturated rings. The predicted octanol–water partition coefficient (Wildman–Crippen LogP) is 3.14. The van der Waals surface area contributed by atoms with Crippen molar-refractivity contribution in [2.75, 3.05) is 25.6 Å². The highest BCUT2D eigenvalue weighted by atomic mass is 32.2. The van der Waals surface area contributed by atoms with Crippen LogP contribution in [0.5, 0.6) is 0 Å². The lowest BCUT2D eigenvalue weighted by molar-refractivity contribution is 0.509. The van der Waals surface area contributed by atoms with Crippen molar-refractivity contribution in [2.45, 2.75) is 44.3 Å². The van der Waals surface area contributed by atoms with E-state index in [9.17, 15) is 13.2 Å². The van der Waals surface area contributed by atoms with Crippen LogP contribution in [0.4, 0.5) is 0 Å². The van der Waals surface area contributed by atoms with Crippen LogP contribution >= 0.6 is 23.1 Å². The molecule has 0 aromatic carbocycles. The average molecular weight is 442 g/mol. The maximum atomic E-state index is 13.2. The lowest BCUT2D eigenvalue weighted by Gasteiger charge is -2.17. The van der Waals surface area contributed by atoms with Gasteiger partial charge in [0.25, 0.3) is 5.56 Å². The van der Waals surface area contributed by atoms with Crippen LogP contribution in [0, 0.1) is 5.92 Å². The number of aryl methyl sites for hydroxylation is 1. The van der Waals surface area contributed by atoms with Crippen LogP contribution in [0.3, 0.4) is 0 Å². The second-order valence-corrected chi connectivity index (χ2v) is 11.9. The van der Waals surface area contributed by atoms with Crippen LogP contribution in [0.2, 0.25) is 0 Å². The molecule has 1 atom stereocenters. The Morgan fingerprint density at radius 2 is 2.18 bits per heavy atom. The molecule has 0 aliphatic heterocycles. The Kier molecular flexibility index (Phi) is 6.69. The van der Waals surface area contributed by atoms with Crippen molar-refractivity contribution >= 4 is 43.3 Å². The third kappa shape index (κ3) is 4.37. The summed E-state index contributed by atoms with van der Waals surface area (Å²) in [5.41, 5.74) is 1.18. The van der Waals surface area contributed by atoms with E-state index in [1.54, 1.807) is 36.1 Å². The summed E-state index contributed by atoms with van der Waals surface area (Å²) in [5.74, 6) is 1.32. The summed E-state index contributed by atoms with van der Waals surface area (Å²) in [5, 5.41) is 1.42. The average Bonchev–Trinajstić information content (AvgIpc) is 2.98. The molecular formula is C19H27N3O3S3. The molecule has 2 aromatic rings. The molecule has 1 unspecified atom stereocenters. The van der Waals surface area contributed by atoms with E-state index in [4.69, 9.17) is 4.98 Å². The molecule has 3 rings (SSSR count). The molecule has 0 spiro atoms. The molecule has 154 valence electrons. The first kappa shape index (κ1) is 21.5. The SMILES string of the molecule is C=CCn1c(SCCCS(=O)(=O)N(C)C)nc2sc3c(c2c1=O)CCC(C)C3. The topological polar surface area (TPSA) is 72.3 Å². The van der Waals surface area contributed by atoms with Crippen molar-refractivity contribution in [1.82, 2.24) is 13.9 Å². The number of sulfonamides is 1. The molecule has 1 aliphatic rings. The maximum absolute atomic E-state index is 13.2. The normalized spacial score (nSPS) is 17.2. The second-order valence-electron chi connectivity index (χ2n) is 7.43. The van der Waals surface area contributed by atoms with Gasteiger partial charge >= 0.3 is 0 Å². The minimum atomic E-state index is -3.21. The molecule has 6 nitrogen and oxygen atoms in total. The number of fused-ring (bicyclic) bond motifs is 3. The summed E-state index contributed by atoms with van der Waals surface area (Å²) in [6.45, 7) is 6.43. The van der Waals surface area contributed by atoms with Gasteiger partial charge in [0.2, 0.25) is 10.0 Å². The number of nitrogens with zero attached hydrogens (tertiary/aromatic N) is 3. The van der Waals surface area contributed by atoms with Gasteiger partial charge in [-0.2, -0.15) is 0 Å². The fraction of sp³-hybridized carbons (Fsp3) is 0.579. The predicted molar refractivity (Wildman–Crippen MR) is 118 cm³/mol. The Hall–Kier alpha value is -1.16. The van der Waals surface area contributed by atoms with Crippen LogP contribution in [0.25, 0.3) is 10.2 Å². The van der Waals surface area contributed by atoms with Crippen LogP contribution in [-0.4, -0.2) is 47.9 Å². The lowest BCUT2D eigenvalue weighted by atomic mass is 9.89. The molecule has 0 saturated carbocycles. The number of aromatic nitrogens is 2. The van der Waals surface area contributed by atoms with Gasteiger partial charge in [0.05, 0.1) is 11.1 Å². The van der Waals surface area contributed by atoms with E-state index < -0.39 is 10.0 Å².